The normalized spacial score (nSPS) is 16.2. The van der Waals surface area contributed by atoms with Crippen LogP contribution < -0.4 is 5.73 Å². The van der Waals surface area contributed by atoms with Crippen molar-refractivity contribution >= 4 is 5.91 Å². The summed E-state index contributed by atoms with van der Waals surface area (Å²) in [6, 6.07) is 2.02. The summed E-state index contributed by atoms with van der Waals surface area (Å²) >= 11 is 0. The van der Waals surface area contributed by atoms with E-state index < -0.39 is 0 Å². The van der Waals surface area contributed by atoms with Gasteiger partial charge in [0.05, 0.1) is 12.7 Å². The van der Waals surface area contributed by atoms with E-state index in [0.717, 1.165) is 25.9 Å². The highest BCUT2D eigenvalue weighted by atomic mass is 16.5. The maximum Gasteiger partial charge on any atom is 0.246 e. The van der Waals surface area contributed by atoms with E-state index in [-0.39, 0.29) is 11.9 Å². The Hall–Kier alpha value is -1.38. The highest BCUT2D eigenvalue weighted by molar-refractivity contribution is 5.87. The highest BCUT2D eigenvalue weighted by Crippen LogP contribution is 2.08. The van der Waals surface area contributed by atoms with Gasteiger partial charge in [0.1, 0.15) is 0 Å². The molecule has 0 bridgehead atoms. The Morgan fingerprint density at radius 1 is 1.59 bits per heavy atom. The Bertz CT molecular complexity index is 276. The van der Waals surface area contributed by atoms with Gasteiger partial charge in [-0.1, -0.05) is 6.08 Å². The van der Waals surface area contributed by atoms with Crippen LogP contribution in [0.3, 0.4) is 0 Å². The molecule has 0 aromatic carbocycles. The molecule has 0 saturated carbocycles. The third kappa shape index (κ3) is 7.50. The number of amides is 1. The minimum absolute atomic E-state index is 0.0638. The first-order chi connectivity index (χ1) is 8.15. The largest absolute Gasteiger partial charge is 0.381 e. The molecule has 2 N–H and O–H groups in total. The molecule has 0 unspecified atom stereocenters. The number of likely N-dealkylation sites (tertiary alicyclic amines) is 1. The van der Waals surface area contributed by atoms with Crippen LogP contribution in [0.1, 0.15) is 19.8 Å². The number of nitrogens with zero attached hydrogens (tertiary/aromatic N) is 2. The molecule has 96 valence electrons. The summed E-state index contributed by atoms with van der Waals surface area (Å²) in [7, 11) is 1.61. The van der Waals surface area contributed by atoms with E-state index in [1.807, 2.05) is 4.90 Å². The Morgan fingerprint density at radius 3 is 2.59 bits per heavy atom. The molecule has 5 heteroatoms. The topological polar surface area (TPSA) is 79.3 Å². The van der Waals surface area contributed by atoms with Crippen LogP contribution in [0.4, 0.5) is 0 Å². The van der Waals surface area contributed by atoms with Crippen molar-refractivity contribution in [2.24, 2.45) is 5.73 Å². The van der Waals surface area contributed by atoms with Crippen molar-refractivity contribution in [2.75, 3.05) is 26.8 Å². The first-order valence-corrected chi connectivity index (χ1v) is 5.66. The van der Waals surface area contributed by atoms with E-state index in [1.165, 1.54) is 6.92 Å². The molecular weight excluding hydrogens is 218 g/mol. The number of hydrogen-bond donors (Lipinski definition) is 1. The average Bonchev–Trinajstić information content (AvgIpc) is 2.31. The van der Waals surface area contributed by atoms with Crippen LogP contribution in [0.15, 0.2) is 12.2 Å². The first-order valence-electron chi connectivity index (χ1n) is 5.66. The SMILES string of the molecule is CC#N.COC/C=C/C(=O)N1CCC(N)CC1. The molecule has 0 radical (unpaired) electrons. The number of nitrogens with two attached hydrogens (primary N) is 1. The number of methoxy groups -OCH3 is 1. The van der Waals surface area contributed by atoms with Crippen molar-refractivity contribution in [3.05, 3.63) is 12.2 Å². The van der Waals surface area contributed by atoms with Crippen LogP contribution >= 0.6 is 0 Å². The molecule has 1 rings (SSSR count). The summed E-state index contributed by atoms with van der Waals surface area (Å²) in [6.45, 7) is 3.47. The molecule has 1 saturated heterocycles. The molecule has 1 aliphatic heterocycles. The van der Waals surface area contributed by atoms with Crippen molar-refractivity contribution in [1.29, 1.82) is 5.26 Å². The second-order valence-electron chi connectivity index (χ2n) is 3.74. The summed E-state index contributed by atoms with van der Waals surface area (Å²) < 4.78 is 4.82. The van der Waals surface area contributed by atoms with Crippen LogP contribution in [0, 0.1) is 11.3 Å². The predicted octanol–water partition coefficient (Wildman–Crippen LogP) is 0.669. The van der Waals surface area contributed by atoms with Gasteiger partial charge in [-0.15, -0.1) is 0 Å². The standard InChI is InChI=1S/C10H18N2O2.C2H3N/c1-14-8-2-3-10(13)12-6-4-9(11)5-7-12;1-2-3/h2-3,9H,4-8,11H2,1H3;1H3/b3-2+;. The fourth-order valence-electron chi connectivity index (χ4n) is 1.47. The maximum absolute atomic E-state index is 11.5. The lowest BCUT2D eigenvalue weighted by Gasteiger charge is -2.29. The Morgan fingerprint density at radius 2 is 2.12 bits per heavy atom. The molecule has 0 spiro atoms. The van der Waals surface area contributed by atoms with Gasteiger partial charge < -0.3 is 15.4 Å². The zero-order chi connectivity index (χ0) is 13.1. The molecule has 0 aliphatic carbocycles. The van der Waals surface area contributed by atoms with Crippen LogP contribution in [0.2, 0.25) is 0 Å². The number of carbonyl (C=O) groups is 1. The summed E-state index contributed by atoms with van der Waals surface area (Å²) in [5.41, 5.74) is 5.74. The molecule has 0 aromatic heterocycles. The van der Waals surface area contributed by atoms with E-state index in [9.17, 15) is 4.79 Å². The summed E-state index contributed by atoms with van der Waals surface area (Å²) in [5, 5.41) is 7.32. The summed E-state index contributed by atoms with van der Waals surface area (Å²) in [6.07, 6.45) is 5.12. The number of rotatable bonds is 3. The van der Waals surface area contributed by atoms with Gasteiger partial charge in [-0.3, -0.25) is 4.79 Å². The Balaban J connectivity index is 0.000000770. The number of nitriles is 1. The van der Waals surface area contributed by atoms with Crippen LogP contribution in [0.5, 0.6) is 0 Å². The van der Waals surface area contributed by atoms with Crippen LogP contribution in [0.25, 0.3) is 0 Å². The third-order valence-electron chi connectivity index (χ3n) is 2.37. The van der Waals surface area contributed by atoms with E-state index in [1.54, 1.807) is 25.3 Å². The Kier molecular flexibility index (Phi) is 9.02. The minimum Gasteiger partial charge on any atom is -0.381 e. The molecule has 17 heavy (non-hydrogen) atoms. The van der Waals surface area contributed by atoms with Gasteiger partial charge in [0, 0.05) is 39.2 Å². The fourth-order valence-corrected chi connectivity index (χ4v) is 1.47. The van der Waals surface area contributed by atoms with Crippen LogP contribution in [-0.4, -0.2) is 43.7 Å². The lowest BCUT2D eigenvalue weighted by molar-refractivity contribution is -0.127. The molecule has 1 aliphatic rings. The maximum atomic E-state index is 11.5. The molecule has 5 nitrogen and oxygen atoms in total. The van der Waals surface area contributed by atoms with E-state index in [0.29, 0.717) is 6.61 Å². The minimum atomic E-state index is 0.0638. The zero-order valence-corrected chi connectivity index (χ0v) is 10.6. The summed E-state index contributed by atoms with van der Waals surface area (Å²) in [4.78, 5) is 13.4. The monoisotopic (exact) mass is 239 g/mol. The van der Waals surface area contributed by atoms with Gasteiger partial charge >= 0.3 is 0 Å². The van der Waals surface area contributed by atoms with Gasteiger partial charge in [-0.05, 0) is 12.8 Å². The molecule has 1 fully saturated rings. The second-order valence-corrected chi connectivity index (χ2v) is 3.74. The number of carbonyl (C=O) groups excluding carboxylic acids is 1. The quantitative estimate of drug-likeness (QED) is 0.734. The predicted molar refractivity (Wildman–Crippen MR) is 66.1 cm³/mol. The lowest BCUT2D eigenvalue weighted by Crippen LogP contribution is -2.42. The van der Waals surface area contributed by atoms with E-state index in [4.69, 9.17) is 15.7 Å². The van der Waals surface area contributed by atoms with Gasteiger partial charge in [-0.2, -0.15) is 5.26 Å². The molecule has 0 aromatic rings. The number of piperidine rings is 1. The summed E-state index contributed by atoms with van der Waals surface area (Å²) in [5.74, 6) is 0.0638. The van der Waals surface area contributed by atoms with Gasteiger partial charge in [0.2, 0.25) is 5.91 Å². The third-order valence-corrected chi connectivity index (χ3v) is 2.37. The fraction of sp³-hybridized carbons (Fsp3) is 0.667. The second kappa shape index (κ2) is 9.82. The Labute approximate surface area is 103 Å². The lowest BCUT2D eigenvalue weighted by atomic mass is 10.1. The molecule has 1 heterocycles. The molecule has 1 amide bonds. The zero-order valence-electron chi connectivity index (χ0n) is 10.6. The van der Waals surface area contributed by atoms with Crippen molar-refractivity contribution in [1.82, 2.24) is 4.90 Å². The number of hydrogen-bond acceptors (Lipinski definition) is 4. The highest BCUT2D eigenvalue weighted by Gasteiger charge is 2.18. The smallest absolute Gasteiger partial charge is 0.246 e. The average molecular weight is 239 g/mol. The van der Waals surface area contributed by atoms with Crippen molar-refractivity contribution in [3.8, 4) is 6.07 Å². The van der Waals surface area contributed by atoms with Gasteiger partial charge in [0.25, 0.3) is 0 Å². The van der Waals surface area contributed by atoms with Gasteiger partial charge in [-0.25, -0.2) is 0 Å². The molecule has 0 atom stereocenters. The van der Waals surface area contributed by atoms with Crippen molar-refractivity contribution in [2.45, 2.75) is 25.8 Å². The first kappa shape index (κ1) is 15.6. The van der Waals surface area contributed by atoms with E-state index in [2.05, 4.69) is 0 Å². The van der Waals surface area contributed by atoms with Crippen molar-refractivity contribution in [3.63, 3.8) is 0 Å². The van der Waals surface area contributed by atoms with Crippen LogP contribution in [-0.2, 0) is 9.53 Å². The van der Waals surface area contributed by atoms with E-state index >= 15 is 0 Å². The van der Waals surface area contributed by atoms with Crippen molar-refractivity contribution < 1.29 is 9.53 Å². The van der Waals surface area contributed by atoms with Gasteiger partial charge in [0.15, 0.2) is 0 Å². The number of ether oxygens (including phenoxy) is 1. The molecular formula is C12H21N3O2.